The van der Waals surface area contributed by atoms with Crippen molar-refractivity contribution >= 4 is 0 Å². The molecule has 2 heterocycles. The summed E-state index contributed by atoms with van der Waals surface area (Å²) in [5.41, 5.74) is 3.62. The van der Waals surface area contributed by atoms with Crippen molar-refractivity contribution in [1.29, 1.82) is 0 Å². The first-order chi connectivity index (χ1) is 9.81. The molecule has 0 spiro atoms. The van der Waals surface area contributed by atoms with E-state index in [2.05, 4.69) is 17.3 Å². The van der Waals surface area contributed by atoms with Gasteiger partial charge in [0.15, 0.2) is 17.6 Å². The van der Waals surface area contributed by atoms with Gasteiger partial charge in [-0.3, -0.25) is 5.84 Å². The molecule has 0 amide bonds. The monoisotopic (exact) mass is 274 g/mol. The largest absolute Gasteiger partial charge is 0.486 e. The Labute approximate surface area is 117 Å². The molecule has 20 heavy (non-hydrogen) atoms. The van der Waals surface area contributed by atoms with Crippen LogP contribution in [0.25, 0.3) is 0 Å². The molecule has 1 aromatic carbocycles. The Morgan fingerprint density at radius 2 is 2.25 bits per heavy atom. The minimum atomic E-state index is -0.213. The second kappa shape index (κ2) is 5.52. The molecule has 1 aliphatic rings. The van der Waals surface area contributed by atoms with Crippen LogP contribution in [0.15, 0.2) is 36.8 Å². The minimum absolute atomic E-state index is 0.212. The van der Waals surface area contributed by atoms with Gasteiger partial charge in [-0.15, -0.1) is 0 Å². The van der Waals surface area contributed by atoms with Crippen molar-refractivity contribution in [2.75, 3.05) is 6.61 Å². The number of para-hydroxylation sites is 2. The topological polar surface area (TPSA) is 74.3 Å². The Morgan fingerprint density at radius 3 is 2.95 bits per heavy atom. The Bertz CT molecular complexity index is 584. The van der Waals surface area contributed by atoms with Crippen molar-refractivity contribution in [2.45, 2.75) is 25.6 Å². The number of imidazole rings is 1. The maximum absolute atomic E-state index is 5.97. The van der Waals surface area contributed by atoms with Crippen LogP contribution in [-0.4, -0.2) is 22.3 Å². The highest BCUT2D eigenvalue weighted by Crippen LogP contribution is 2.33. The first-order valence-corrected chi connectivity index (χ1v) is 6.68. The van der Waals surface area contributed by atoms with Crippen molar-refractivity contribution in [3.63, 3.8) is 0 Å². The average molecular weight is 274 g/mol. The van der Waals surface area contributed by atoms with Gasteiger partial charge in [-0.1, -0.05) is 12.1 Å². The van der Waals surface area contributed by atoms with E-state index in [1.807, 2.05) is 35.0 Å². The summed E-state index contributed by atoms with van der Waals surface area (Å²) in [6.07, 6.45) is 3.54. The van der Waals surface area contributed by atoms with E-state index in [9.17, 15) is 0 Å². The number of nitrogens with two attached hydrogens (primary N) is 1. The van der Waals surface area contributed by atoms with Crippen LogP contribution in [0.3, 0.4) is 0 Å². The molecule has 3 rings (SSSR count). The molecule has 6 heteroatoms. The molecule has 0 bridgehead atoms. The van der Waals surface area contributed by atoms with Crippen LogP contribution >= 0.6 is 0 Å². The van der Waals surface area contributed by atoms with Gasteiger partial charge >= 0.3 is 0 Å². The zero-order chi connectivity index (χ0) is 13.9. The fourth-order valence-corrected chi connectivity index (χ4v) is 2.29. The summed E-state index contributed by atoms with van der Waals surface area (Å²) >= 11 is 0. The highest BCUT2D eigenvalue weighted by atomic mass is 16.6. The predicted molar refractivity (Wildman–Crippen MR) is 74.3 cm³/mol. The van der Waals surface area contributed by atoms with Crippen molar-refractivity contribution in [1.82, 2.24) is 15.0 Å². The number of aryl methyl sites for hydroxylation is 1. The fourth-order valence-electron chi connectivity index (χ4n) is 2.29. The number of hydrazine groups is 1. The van der Waals surface area contributed by atoms with E-state index in [0.29, 0.717) is 6.61 Å². The van der Waals surface area contributed by atoms with E-state index in [1.165, 1.54) is 0 Å². The standard InChI is InChI=1S/C14H18N4O2/c1-2-18-7-10(16-9-18)14(17-15)13-8-19-11-5-3-4-6-12(11)20-13/h3-7,9,13-14,17H,2,8,15H2,1H3. The molecule has 3 N–H and O–H groups in total. The lowest BCUT2D eigenvalue weighted by molar-refractivity contribution is 0.0606. The fraction of sp³-hybridized carbons (Fsp3) is 0.357. The Hall–Kier alpha value is -2.05. The van der Waals surface area contributed by atoms with Crippen LogP contribution in [0.2, 0.25) is 0 Å². The van der Waals surface area contributed by atoms with E-state index < -0.39 is 0 Å². The molecule has 0 saturated carbocycles. The third kappa shape index (κ3) is 2.35. The van der Waals surface area contributed by atoms with Crippen molar-refractivity contribution in [3.05, 3.63) is 42.5 Å². The Kier molecular flexibility index (Phi) is 3.58. The summed E-state index contributed by atoms with van der Waals surface area (Å²) in [5, 5.41) is 0. The van der Waals surface area contributed by atoms with Crippen molar-refractivity contribution in [2.24, 2.45) is 5.84 Å². The van der Waals surface area contributed by atoms with Crippen LogP contribution in [-0.2, 0) is 6.54 Å². The summed E-state index contributed by atoms with van der Waals surface area (Å²) in [5.74, 6) is 7.17. The Balaban J connectivity index is 1.81. The number of fused-ring (bicyclic) bond motifs is 1. The smallest absolute Gasteiger partial charge is 0.161 e. The highest BCUT2D eigenvalue weighted by molar-refractivity contribution is 5.41. The SMILES string of the molecule is CCn1cnc(C(NN)C2COc3ccccc3O2)c1. The number of nitrogens with zero attached hydrogens (tertiary/aromatic N) is 2. The molecule has 2 unspecified atom stereocenters. The van der Waals surface area contributed by atoms with Crippen LogP contribution in [0.5, 0.6) is 11.5 Å². The molecule has 0 radical (unpaired) electrons. The highest BCUT2D eigenvalue weighted by Gasteiger charge is 2.30. The summed E-state index contributed by atoms with van der Waals surface area (Å²) in [4.78, 5) is 4.37. The van der Waals surface area contributed by atoms with Gasteiger partial charge in [-0.25, -0.2) is 10.4 Å². The maximum Gasteiger partial charge on any atom is 0.161 e. The summed E-state index contributed by atoms with van der Waals surface area (Å²) in [7, 11) is 0. The first-order valence-electron chi connectivity index (χ1n) is 6.68. The molecule has 0 fully saturated rings. The molecule has 2 atom stereocenters. The summed E-state index contributed by atoms with van der Waals surface area (Å²) in [6, 6.07) is 7.41. The summed E-state index contributed by atoms with van der Waals surface area (Å²) < 4.78 is 13.7. The van der Waals surface area contributed by atoms with E-state index in [4.69, 9.17) is 15.3 Å². The number of nitrogens with one attached hydrogen (secondary N) is 1. The molecule has 1 aromatic heterocycles. The third-order valence-electron chi connectivity index (χ3n) is 3.42. The van der Waals surface area contributed by atoms with E-state index >= 15 is 0 Å². The maximum atomic E-state index is 5.97. The van der Waals surface area contributed by atoms with E-state index in [1.54, 1.807) is 6.33 Å². The molecule has 0 saturated heterocycles. The van der Waals surface area contributed by atoms with Crippen molar-refractivity contribution in [3.8, 4) is 11.5 Å². The number of rotatable bonds is 4. The predicted octanol–water partition coefficient (Wildman–Crippen LogP) is 1.25. The molecular formula is C14H18N4O2. The van der Waals surface area contributed by atoms with Crippen LogP contribution < -0.4 is 20.7 Å². The molecule has 2 aromatic rings. The number of ether oxygens (including phenoxy) is 2. The Morgan fingerprint density at radius 1 is 1.45 bits per heavy atom. The lowest BCUT2D eigenvalue weighted by Crippen LogP contribution is -2.44. The van der Waals surface area contributed by atoms with E-state index in [-0.39, 0.29) is 12.1 Å². The van der Waals surface area contributed by atoms with Crippen LogP contribution in [0.1, 0.15) is 18.7 Å². The van der Waals surface area contributed by atoms with Gasteiger partial charge in [0.05, 0.1) is 12.0 Å². The second-order valence-corrected chi connectivity index (χ2v) is 4.69. The van der Waals surface area contributed by atoms with Gasteiger partial charge in [0.1, 0.15) is 12.6 Å². The van der Waals surface area contributed by atoms with Crippen LogP contribution in [0.4, 0.5) is 0 Å². The zero-order valence-electron chi connectivity index (χ0n) is 11.3. The second-order valence-electron chi connectivity index (χ2n) is 4.69. The molecular weight excluding hydrogens is 256 g/mol. The average Bonchev–Trinajstić information content (AvgIpc) is 2.97. The van der Waals surface area contributed by atoms with Crippen molar-refractivity contribution < 1.29 is 9.47 Å². The van der Waals surface area contributed by atoms with Gasteiger partial charge in [0, 0.05) is 12.7 Å². The molecule has 1 aliphatic heterocycles. The van der Waals surface area contributed by atoms with Gasteiger partial charge in [-0.05, 0) is 19.1 Å². The minimum Gasteiger partial charge on any atom is -0.486 e. The number of hydrogen-bond acceptors (Lipinski definition) is 5. The molecule has 6 nitrogen and oxygen atoms in total. The van der Waals surface area contributed by atoms with E-state index in [0.717, 1.165) is 23.7 Å². The van der Waals surface area contributed by atoms with Gasteiger partial charge < -0.3 is 14.0 Å². The molecule has 106 valence electrons. The lowest BCUT2D eigenvalue weighted by Gasteiger charge is -2.31. The van der Waals surface area contributed by atoms with Gasteiger partial charge in [-0.2, -0.15) is 0 Å². The number of aromatic nitrogens is 2. The van der Waals surface area contributed by atoms with Gasteiger partial charge in [0.25, 0.3) is 0 Å². The molecule has 0 aliphatic carbocycles. The number of benzene rings is 1. The lowest BCUT2D eigenvalue weighted by atomic mass is 10.1. The first kappa shape index (κ1) is 13.0. The third-order valence-corrected chi connectivity index (χ3v) is 3.42. The normalized spacial score (nSPS) is 18.8. The van der Waals surface area contributed by atoms with Crippen LogP contribution in [0, 0.1) is 0 Å². The number of hydrogen-bond donors (Lipinski definition) is 2. The zero-order valence-corrected chi connectivity index (χ0v) is 11.3. The summed E-state index contributed by atoms with van der Waals surface area (Å²) in [6.45, 7) is 3.37. The quantitative estimate of drug-likeness (QED) is 0.648. The van der Waals surface area contributed by atoms with Gasteiger partial charge in [0.2, 0.25) is 0 Å².